The topological polar surface area (TPSA) is 34.4 Å². The summed E-state index contributed by atoms with van der Waals surface area (Å²) in [5.74, 6) is 1.76. The standard InChI is InChI=1S/C15H18BrNO2/c1-3-9-17-14(15-13(16)8-10-19-15)11-4-6-12(18-2)7-5-11/h4-8,10,14,17H,3,9H2,1-2H3. The maximum atomic E-state index is 5.59. The molecule has 102 valence electrons. The summed E-state index contributed by atoms with van der Waals surface area (Å²) in [4.78, 5) is 0. The van der Waals surface area contributed by atoms with E-state index in [-0.39, 0.29) is 6.04 Å². The van der Waals surface area contributed by atoms with Crippen molar-refractivity contribution in [3.63, 3.8) is 0 Å². The molecule has 1 atom stereocenters. The average molecular weight is 324 g/mol. The quantitative estimate of drug-likeness (QED) is 0.867. The Morgan fingerprint density at radius 1 is 1.26 bits per heavy atom. The van der Waals surface area contributed by atoms with Gasteiger partial charge in [-0.15, -0.1) is 0 Å². The number of methoxy groups -OCH3 is 1. The fraction of sp³-hybridized carbons (Fsp3) is 0.333. The zero-order valence-corrected chi connectivity index (χ0v) is 12.7. The second-order valence-corrected chi connectivity index (χ2v) is 5.15. The van der Waals surface area contributed by atoms with Crippen LogP contribution in [-0.2, 0) is 0 Å². The predicted octanol–water partition coefficient (Wildman–Crippen LogP) is 4.14. The third kappa shape index (κ3) is 3.39. The summed E-state index contributed by atoms with van der Waals surface area (Å²) in [6, 6.07) is 10.0. The van der Waals surface area contributed by atoms with E-state index in [2.05, 4.69) is 40.3 Å². The highest BCUT2D eigenvalue weighted by Gasteiger charge is 2.19. The lowest BCUT2D eigenvalue weighted by molar-refractivity contribution is 0.413. The molecule has 0 spiro atoms. The van der Waals surface area contributed by atoms with Gasteiger partial charge in [-0.2, -0.15) is 0 Å². The Balaban J connectivity index is 2.28. The lowest BCUT2D eigenvalue weighted by Crippen LogP contribution is -2.23. The molecular formula is C15H18BrNO2. The van der Waals surface area contributed by atoms with E-state index in [1.807, 2.05) is 18.2 Å². The normalized spacial score (nSPS) is 12.4. The molecule has 0 fully saturated rings. The first kappa shape index (κ1) is 14.2. The lowest BCUT2D eigenvalue weighted by atomic mass is 10.0. The Bertz CT molecular complexity index is 507. The summed E-state index contributed by atoms with van der Waals surface area (Å²) >= 11 is 3.53. The van der Waals surface area contributed by atoms with Crippen molar-refractivity contribution in [2.24, 2.45) is 0 Å². The van der Waals surface area contributed by atoms with Crippen LogP contribution in [0.3, 0.4) is 0 Å². The maximum absolute atomic E-state index is 5.59. The molecule has 0 radical (unpaired) electrons. The molecule has 1 N–H and O–H groups in total. The predicted molar refractivity (Wildman–Crippen MR) is 79.5 cm³/mol. The van der Waals surface area contributed by atoms with Crippen molar-refractivity contribution in [2.45, 2.75) is 19.4 Å². The lowest BCUT2D eigenvalue weighted by Gasteiger charge is -2.17. The van der Waals surface area contributed by atoms with Gasteiger partial charge in [-0.3, -0.25) is 0 Å². The summed E-state index contributed by atoms with van der Waals surface area (Å²) in [6.45, 7) is 3.08. The smallest absolute Gasteiger partial charge is 0.139 e. The first-order valence-electron chi connectivity index (χ1n) is 6.36. The van der Waals surface area contributed by atoms with E-state index < -0.39 is 0 Å². The molecule has 0 bridgehead atoms. The molecule has 1 aromatic carbocycles. The van der Waals surface area contributed by atoms with E-state index in [0.29, 0.717) is 0 Å². The molecule has 0 saturated carbocycles. The van der Waals surface area contributed by atoms with Gasteiger partial charge in [-0.1, -0.05) is 19.1 Å². The van der Waals surface area contributed by atoms with Crippen molar-refractivity contribution in [3.8, 4) is 5.75 Å². The Labute approximate surface area is 122 Å². The van der Waals surface area contributed by atoms with Crippen LogP contribution in [-0.4, -0.2) is 13.7 Å². The Hall–Kier alpha value is -1.26. The van der Waals surface area contributed by atoms with Gasteiger partial charge in [-0.05, 0) is 52.7 Å². The minimum absolute atomic E-state index is 0.0511. The van der Waals surface area contributed by atoms with Crippen LogP contribution < -0.4 is 10.1 Å². The third-order valence-corrected chi connectivity index (χ3v) is 3.61. The van der Waals surface area contributed by atoms with Gasteiger partial charge in [-0.25, -0.2) is 0 Å². The van der Waals surface area contributed by atoms with Crippen molar-refractivity contribution in [1.29, 1.82) is 0 Å². The van der Waals surface area contributed by atoms with Crippen molar-refractivity contribution in [3.05, 3.63) is 52.4 Å². The van der Waals surface area contributed by atoms with Crippen molar-refractivity contribution < 1.29 is 9.15 Å². The summed E-state index contributed by atoms with van der Waals surface area (Å²) in [7, 11) is 1.67. The molecule has 1 unspecified atom stereocenters. The molecule has 1 heterocycles. The number of nitrogens with one attached hydrogen (secondary N) is 1. The summed E-state index contributed by atoms with van der Waals surface area (Å²) < 4.78 is 11.8. The fourth-order valence-corrected chi connectivity index (χ4v) is 2.39. The summed E-state index contributed by atoms with van der Waals surface area (Å²) in [6.07, 6.45) is 2.77. The van der Waals surface area contributed by atoms with Gasteiger partial charge in [0.1, 0.15) is 11.5 Å². The molecule has 19 heavy (non-hydrogen) atoms. The number of hydrogen-bond acceptors (Lipinski definition) is 3. The van der Waals surface area contributed by atoms with Crippen LogP contribution >= 0.6 is 15.9 Å². The average Bonchev–Trinajstić information content (AvgIpc) is 2.86. The molecule has 0 saturated heterocycles. The number of rotatable bonds is 6. The van der Waals surface area contributed by atoms with Gasteiger partial charge in [0.2, 0.25) is 0 Å². The molecular weight excluding hydrogens is 306 g/mol. The highest BCUT2D eigenvalue weighted by Crippen LogP contribution is 2.30. The van der Waals surface area contributed by atoms with Crippen LogP contribution in [0.25, 0.3) is 0 Å². The molecule has 0 amide bonds. The van der Waals surface area contributed by atoms with Crippen LogP contribution in [0.5, 0.6) is 5.75 Å². The van der Waals surface area contributed by atoms with Gasteiger partial charge in [0.15, 0.2) is 0 Å². The molecule has 0 aliphatic rings. The minimum Gasteiger partial charge on any atom is -0.497 e. The Morgan fingerprint density at radius 3 is 2.53 bits per heavy atom. The first-order chi connectivity index (χ1) is 9.26. The van der Waals surface area contributed by atoms with E-state index in [0.717, 1.165) is 34.5 Å². The van der Waals surface area contributed by atoms with Gasteiger partial charge < -0.3 is 14.5 Å². The summed E-state index contributed by atoms with van der Waals surface area (Å²) in [5, 5.41) is 3.50. The van der Waals surface area contributed by atoms with Crippen molar-refractivity contribution >= 4 is 15.9 Å². The van der Waals surface area contributed by atoms with Gasteiger partial charge >= 0.3 is 0 Å². The van der Waals surface area contributed by atoms with Crippen LogP contribution in [0.2, 0.25) is 0 Å². The minimum atomic E-state index is 0.0511. The molecule has 0 aliphatic heterocycles. The zero-order chi connectivity index (χ0) is 13.7. The van der Waals surface area contributed by atoms with Crippen molar-refractivity contribution in [2.75, 3.05) is 13.7 Å². The number of ether oxygens (including phenoxy) is 1. The highest BCUT2D eigenvalue weighted by molar-refractivity contribution is 9.10. The Kier molecular flexibility index (Phi) is 5.05. The van der Waals surface area contributed by atoms with Crippen LogP contribution in [0.15, 0.2) is 45.5 Å². The van der Waals surface area contributed by atoms with E-state index in [1.165, 1.54) is 0 Å². The maximum Gasteiger partial charge on any atom is 0.139 e. The highest BCUT2D eigenvalue weighted by atomic mass is 79.9. The number of benzene rings is 1. The number of furan rings is 1. The van der Waals surface area contributed by atoms with E-state index in [9.17, 15) is 0 Å². The number of hydrogen-bond donors (Lipinski definition) is 1. The summed E-state index contributed by atoms with van der Waals surface area (Å²) in [5.41, 5.74) is 1.16. The molecule has 4 heteroatoms. The number of halogens is 1. The van der Waals surface area contributed by atoms with E-state index >= 15 is 0 Å². The van der Waals surface area contributed by atoms with Gasteiger partial charge in [0.25, 0.3) is 0 Å². The second kappa shape index (κ2) is 6.78. The molecule has 3 nitrogen and oxygen atoms in total. The second-order valence-electron chi connectivity index (χ2n) is 4.29. The van der Waals surface area contributed by atoms with Crippen LogP contribution in [0, 0.1) is 0 Å². The largest absolute Gasteiger partial charge is 0.497 e. The molecule has 1 aromatic heterocycles. The van der Waals surface area contributed by atoms with Gasteiger partial charge in [0.05, 0.1) is 23.9 Å². The van der Waals surface area contributed by atoms with Crippen LogP contribution in [0.1, 0.15) is 30.7 Å². The molecule has 2 aromatic rings. The Morgan fingerprint density at radius 2 is 2.00 bits per heavy atom. The fourth-order valence-electron chi connectivity index (χ4n) is 1.96. The third-order valence-electron chi connectivity index (χ3n) is 2.95. The monoisotopic (exact) mass is 323 g/mol. The van der Waals surface area contributed by atoms with E-state index in [4.69, 9.17) is 9.15 Å². The van der Waals surface area contributed by atoms with Crippen LogP contribution in [0.4, 0.5) is 0 Å². The van der Waals surface area contributed by atoms with Gasteiger partial charge in [0, 0.05) is 0 Å². The zero-order valence-electron chi connectivity index (χ0n) is 11.2. The molecule has 0 aliphatic carbocycles. The molecule has 2 rings (SSSR count). The first-order valence-corrected chi connectivity index (χ1v) is 7.15. The van der Waals surface area contributed by atoms with Crippen molar-refractivity contribution in [1.82, 2.24) is 5.32 Å². The SMILES string of the molecule is CCCNC(c1ccc(OC)cc1)c1occc1Br. The van der Waals surface area contributed by atoms with E-state index in [1.54, 1.807) is 13.4 Å².